The number of aryl methyl sites for hydroxylation is 1. The van der Waals surface area contributed by atoms with Crippen molar-refractivity contribution in [2.75, 3.05) is 31.1 Å². The number of benzene rings is 1. The van der Waals surface area contributed by atoms with Gasteiger partial charge in [0.25, 0.3) is 0 Å². The van der Waals surface area contributed by atoms with Gasteiger partial charge in [-0.1, -0.05) is 11.2 Å². The molecule has 9 heteroatoms. The average Bonchev–Trinajstić information content (AvgIpc) is 3.04. The average molecular weight is 368 g/mol. The number of hydrogen-bond acceptors (Lipinski definition) is 4. The molecule has 0 atom stereocenters. The first-order valence-electron chi connectivity index (χ1n) is 8.20. The number of nitrogens with one attached hydrogen (secondary N) is 1. The van der Waals surface area contributed by atoms with E-state index in [1.165, 1.54) is 6.07 Å². The van der Waals surface area contributed by atoms with Crippen molar-refractivity contribution in [3.8, 4) is 0 Å². The number of aromatic nitrogens is 1. The second-order valence-corrected chi connectivity index (χ2v) is 6.12. The molecule has 0 bridgehead atoms. The number of rotatable bonds is 3. The highest BCUT2D eigenvalue weighted by Gasteiger charge is 2.31. The molecule has 1 aromatic carbocycles. The summed E-state index contributed by atoms with van der Waals surface area (Å²) in [6.07, 6.45) is -4.36. The van der Waals surface area contributed by atoms with E-state index in [4.69, 9.17) is 4.52 Å². The van der Waals surface area contributed by atoms with E-state index in [9.17, 15) is 18.0 Å². The molecular weight excluding hydrogens is 349 g/mol. The first-order chi connectivity index (χ1) is 12.3. The smallest absolute Gasteiger partial charge is 0.368 e. The molecule has 6 nitrogen and oxygen atoms in total. The van der Waals surface area contributed by atoms with Gasteiger partial charge in [-0.25, -0.2) is 4.79 Å². The van der Waals surface area contributed by atoms with Crippen molar-refractivity contribution in [3.05, 3.63) is 47.3 Å². The van der Waals surface area contributed by atoms with E-state index in [-0.39, 0.29) is 12.6 Å². The Balaban J connectivity index is 1.53. The molecule has 1 N–H and O–H groups in total. The van der Waals surface area contributed by atoms with Crippen molar-refractivity contribution in [1.82, 2.24) is 15.4 Å². The molecule has 0 radical (unpaired) electrons. The summed E-state index contributed by atoms with van der Waals surface area (Å²) < 4.78 is 43.5. The van der Waals surface area contributed by atoms with Crippen molar-refractivity contribution in [3.63, 3.8) is 0 Å². The van der Waals surface area contributed by atoms with Crippen LogP contribution in [-0.4, -0.2) is 42.3 Å². The van der Waals surface area contributed by atoms with Gasteiger partial charge in [-0.05, 0) is 25.1 Å². The van der Waals surface area contributed by atoms with Gasteiger partial charge in [-0.15, -0.1) is 0 Å². The van der Waals surface area contributed by atoms with Crippen molar-refractivity contribution in [2.45, 2.75) is 19.6 Å². The second-order valence-electron chi connectivity index (χ2n) is 6.12. The number of carbonyl (C=O) groups is 1. The van der Waals surface area contributed by atoms with Crippen molar-refractivity contribution in [2.24, 2.45) is 0 Å². The van der Waals surface area contributed by atoms with Crippen LogP contribution >= 0.6 is 0 Å². The summed E-state index contributed by atoms with van der Waals surface area (Å²) in [6.45, 7) is 3.83. The minimum absolute atomic E-state index is 0.234. The van der Waals surface area contributed by atoms with Crippen LogP contribution in [0.4, 0.5) is 23.7 Å². The summed E-state index contributed by atoms with van der Waals surface area (Å²) in [5.74, 6) is 0.568. The van der Waals surface area contributed by atoms with Gasteiger partial charge < -0.3 is 19.6 Å². The fourth-order valence-electron chi connectivity index (χ4n) is 2.82. The van der Waals surface area contributed by atoms with Crippen LogP contribution in [0.15, 0.2) is 34.9 Å². The minimum Gasteiger partial charge on any atom is -0.368 e. The molecule has 2 heterocycles. The largest absolute Gasteiger partial charge is 0.416 e. The predicted molar refractivity (Wildman–Crippen MR) is 88.7 cm³/mol. The SMILES string of the molecule is Cc1cc(CNC(=O)N2CCN(c3cccc(C(F)(F)F)c3)CC2)on1. The number of amides is 2. The van der Waals surface area contributed by atoms with Gasteiger partial charge in [0.1, 0.15) is 0 Å². The summed E-state index contributed by atoms with van der Waals surface area (Å²) in [7, 11) is 0. The molecule has 1 fully saturated rings. The standard InChI is InChI=1S/C17H19F3N4O2/c1-12-9-15(26-22-12)11-21-16(25)24-7-5-23(6-8-24)14-4-2-3-13(10-14)17(18,19)20/h2-4,9-10H,5-8,11H2,1H3,(H,21,25). The Morgan fingerprint density at radius 2 is 1.96 bits per heavy atom. The van der Waals surface area contributed by atoms with Gasteiger partial charge in [0.15, 0.2) is 5.76 Å². The molecule has 0 saturated carbocycles. The molecule has 3 rings (SSSR count). The Morgan fingerprint density at radius 1 is 1.23 bits per heavy atom. The third-order valence-electron chi connectivity index (χ3n) is 4.20. The normalized spacial score (nSPS) is 15.2. The molecule has 2 aromatic rings. The van der Waals surface area contributed by atoms with E-state index >= 15 is 0 Å². The number of hydrogen-bond donors (Lipinski definition) is 1. The maximum Gasteiger partial charge on any atom is 0.416 e. The molecule has 140 valence electrons. The van der Waals surface area contributed by atoms with Crippen LogP contribution < -0.4 is 10.2 Å². The van der Waals surface area contributed by atoms with E-state index < -0.39 is 11.7 Å². The highest BCUT2D eigenvalue weighted by Crippen LogP contribution is 2.31. The summed E-state index contributed by atoms with van der Waals surface area (Å²) in [5.41, 5.74) is 0.582. The van der Waals surface area contributed by atoms with Gasteiger partial charge in [0.2, 0.25) is 0 Å². The van der Waals surface area contributed by atoms with E-state index in [2.05, 4.69) is 10.5 Å². The Kier molecular flexibility index (Phi) is 5.06. The van der Waals surface area contributed by atoms with Crippen LogP contribution in [-0.2, 0) is 12.7 Å². The van der Waals surface area contributed by atoms with Gasteiger partial charge in [-0.2, -0.15) is 13.2 Å². The number of piperazine rings is 1. The van der Waals surface area contributed by atoms with Crippen molar-refractivity contribution < 1.29 is 22.5 Å². The topological polar surface area (TPSA) is 61.6 Å². The lowest BCUT2D eigenvalue weighted by Gasteiger charge is -2.36. The lowest BCUT2D eigenvalue weighted by atomic mass is 10.1. The predicted octanol–water partition coefficient (Wildman–Crippen LogP) is 3.03. The zero-order chi connectivity index (χ0) is 18.7. The first-order valence-corrected chi connectivity index (χ1v) is 8.20. The molecule has 0 spiro atoms. The molecular formula is C17H19F3N4O2. The Hall–Kier alpha value is -2.71. The Morgan fingerprint density at radius 3 is 2.58 bits per heavy atom. The number of halogens is 3. The fraction of sp³-hybridized carbons (Fsp3) is 0.412. The summed E-state index contributed by atoms with van der Waals surface area (Å²) in [4.78, 5) is 15.7. The summed E-state index contributed by atoms with van der Waals surface area (Å²) in [6, 6.07) is 6.75. The molecule has 2 amide bonds. The third-order valence-corrected chi connectivity index (χ3v) is 4.20. The van der Waals surface area contributed by atoms with E-state index in [1.807, 2.05) is 4.90 Å². The van der Waals surface area contributed by atoms with Gasteiger partial charge in [-0.3, -0.25) is 0 Å². The summed E-state index contributed by atoms with van der Waals surface area (Å²) in [5, 5.41) is 6.50. The maximum atomic E-state index is 12.8. The Bertz CT molecular complexity index is 767. The molecule has 1 aliphatic rings. The van der Waals surface area contributed by atoms with Crippen LogP contribution in [0.25, 0.3) is 0 Å². The van der Waals surface area contributed by atoms with Crippen molar-refractivity contribution in [1.29, 1.82) is 0 Å². The molecule has 26 heavy (non-hydrogen) atoms. The first kappa shape index (κ1) is 18.1. The minimum atomic E-state index is -4.36. The second kappa shape index (κ2) is 7.27. The van der Waals surface area contributed by atoms with Crippen LogP contribution in [0.2, 0.25) is 0 Å². The Labute approximate surface area is 148 Å². The molecule has 1 aromatic heterocycles. The summed E-state index contributed by atoms with van der Waals surface area (Å²) >= 11 is 0. The quantitative estimate of drug-likeness (QED) is 0.905. The zero-order valence-corrected chi connectivity index (χ0v) is 14.2. The highest BCUT2D eigenvalue weighted by molar-refractivity contribution is 5.74. The van der Waals surface area contributed by atoms with Gasteiger partial charge >= 0.3 is 12.2 Å². The number of nitrogens with zero attached hydrogens (tertiary/aromatic N) is 3. The molecule has 1 saturated heterocycles. The maximum absolute atomic E-state index is 12.8. The highest BCUT2D eigenvalue weighted by atomic mass is 19.4. The fourth-order valence-corrected chi connectivity index (χ4v) is 2.82. The van der Waals surface area contributed by atoms with E-state index in [1.54, 1.807) is 24.0 Å². The molecule has 0 unspecified atom stereocenters. The monoisotopic (exact) mass is 368 g/mol. The van der Waals surface area contributed by atoms with Crippen LogP contribution in [0.3, 0.4) is 0 Å². The van der Waals surface area contributed by atoms with Gasteiger partial charge in [0.05, 0.1) is 17.8 Å². The van der Waals surface area contributed by atoms with Crippen LogP contribution in [0, 0.1) is 6.92 Å². The lowest BCUT2D eigenvalue weighted by Crippen LogP contribution is -2.51. The third kappa shape index (κ3) is 4.27. The number of alkyl halides is 3. The van der Waals surface area contributed by atoms with E-state index in [0.29, 0.717) is 37.6 Å². The van der Waals surface area contributed by atoms with E-state index in [0.717, 1.165) is 17.8 Å². The number of anilines is 1. The van der Waals surface area contributed by atoms with Crippen molar-refractivity contribution >= 4 is 11.7 Å². The van der Waals surface area contributed by atoms with Crippen LogP contribution in [0.5, 0.6) is 0 Å². The van der Waals surface area contributed by atoms with Crippen LogP contribution in [0.1, 0.15) is 17.0 Å². The number of carbonyl (C=O) groups excluding carboxylic acids is 1. The lowest BCUT2D eigenvalue weighted by molar-refractivity contribution is -0.137. The zero-order valence-electron chi connectivity index (χ0n) is 14.2. The molecule has 1 aliphatic heterocycles. The molecule has 0 aliphatic carbocycles. The van der Waals surface area contributed by atoms with Gasteiger partial charge in [0, 0.05) is 37.9 Å². The number of urea groups is 1.